The Balaban J connectivity index is 3.11. The van der Waals surface area contributed by atoms with Crippen LogP contribution in [0.5, 0.6) is 0 Å². The number of aliphatic hydroxyl groups excluding tert-OH is 1. The van der Waals surface area contributed by atoms with Crippen molar-refractivity contribution in [2.75, 3.05) is 13.2 Å². The summed E-state index contributed by atoms with van der Waals surface area (Å²) in [7, 11) is 0. The van der Waals surface area contributed by atoms with Crippen LogP contribution in [0.25, 0.3) is 0 Å². The van der Waals surface area contributed by atoms with Crippen molar-refractivity contribution in [1.82, 2.24) is 0 Å². The number of hydrogen-bond acceptors (Lipinski definition) is 5. The van der Waals surface area contributed by atoms with Gasteiger partial charge in [-0.15, -0.1) is 0 Å². The minimum Gasteiger partial charge on any atom is -0.465 e. The number of aliphatic hydroxyl groups is 1. The van der Waals surface area contributed by atoms with E-state index in [0.717, 1.165) is 0 Å². The van der Waals surface area contributed by atoms with E-state index in [1.165, 1.54) is 0 Å². The Morgan fingerprint density at radius 3 is 2.14 bits per heavy atom. The van der Waals surface area contributed by atoms with E-state index in [0.29, 0.717) is 16.1 Å². The average Bonchev–Trinajstić information content (AvgIpc) is 2.39. The monoisotopic (exact) mass is 314 g/mol. The molecule has 0 saturated carbocycles. The Kier molecular flexibility index (Phi) is 6.65. The van der Waals surface area contributed by atoms with Crippen LogP contribution in [0.4, 0.5) is 0 Å². The van der Waals surface area contributed by atoms with Crippen LogP contribution in [-0.4, -0.2) is 30.3 Å². The average molecular weight is 315 g/mol. The second kappa shape index (κ2) is 8.00. The molecule has 116 valence electrons. The lowest BCUT2D eigenvalue weighted by Gasteiger charge is -2.21. The Bertz CT molecular complexity index is 497. The molecule has 5 nitrogen and oxygen atoms in total. The molecule has 1 rings (SSSR count). The van der Waals surface area contributed by atoms with Gasteiger partial charge in [0.15, 0.2) is 5.92 Å². The highest BCUT2D eigenvalue weighted by Crippen LogP contribution is 2.28. The summed E-state index contributed by atoms with van der Waals surface area (Å²) in [5, 5.41) is 10.9. The maximum atomic E-state index is 11.9. The van der Waals surface area contributed by atoms with Crippen molar-refractivity contribution in [3.8, 4) is 0 Å². The molecule has 0 aliphatic carbocycles. The number of esters is 2. The first kappa shape index (κ1) is 17.5. The first-order valence-electron chi connectivity index (χ1n) is 6.69. The van der Waals surface area contributed by atoms with Gasteiger partial charge in [-0.2, -0.15) is 0 Å². The second-order valence-corrected chi connectivity index (χ2v) is 4.86. The zero-order valence-corrected chi connectivity index (χ0v) is 13.0. The number of carbonyl (C=O) groups excluding carboxylic acids is 2. The summed E-state index contributed by atoms with van der Waals surface area (Å²) < 4.78 is 9.70. The first-order valence-corrected chi connectivity index (χ1v) is 7.07. The fourth-order valence-electron chi connectivity index (χ4n) is 1.97. The van der Waals surface area contributed by atoms with E-state index in [9.17, 15) is 14.7 Å². The van der Waals surface area contributed by atoms with Crippen molar-refractivity contribution in [3.63, 3.8) is 0 Å². The van der Waals surface area contributed by atoms with Crippen LogP contribution in [0.15, 0.2) is 18.2 Å². The van der Waals surface area contributed by atoms with Gasteiger partial charge in [-0.1, -0.05) is 17.7 Å². The molecule has 0 aliphatic rings. The first-order chi connectivity index (χ1) is 9.92. The summed E-state index contributed by atoms with van der Waals surface area (Å²) in [5.74, 6) is -3.03. The molecule has 1 unspecified atom stereocenters. The highest BCUT2D eigenvalue weighted by atomic mass is 35.5. The van der Waals surface area contributed by atoms with E-state index in [1.54, 1.807) is 39.0 Å². The minimum atomic E-state index is -1.41. The molecule has 0 fully saturated rings. The number of aryl methyl sites for hydroxylation is 1. The second-order valence-electron chi connectivity index (χ2n) is 4.43. The number of ether oxygens (including phenoxy) is 2. The van der Waals surface area contributed by atoms with Crippen molar-refractivity contribution in [2.45, 2.75) is 26.9 Å². The van der Waals surface area contributed by atoms with Crippen LogP contribution in [0.3, 0.4) is 0 Å². The Morgan fingerprint density at radius 2 is 1.71 bits per heavy atom. The Hall–Kier alpha value is -1.59. The van der Waals surface area contributed by atoms with E-state index in [1.807, 2.05) is 0 Å². The zero-order valence-electron chi connectivity index (χ0n) is 12.3. The molecule has 21 heavy (non-hydrogen) atoms. The smallest absolute Gasteiger partial charge is 0.323 e. The Labute approximate surface area is 128 Å². The molecule has 0 heterocycles. The third kappa shape index (κ3) is 4.44. The molecule has 1 N–H and O–H groups in total. The van der Waals surface area contributed by atoms with E-state index >= 15 is 0 Å². The highest BCUT2D eigenvalue weighted by molar-refractivity contribution is 6.30. The lowest BCUT2D eigenvalue weighted by Crippen LogP contribution is -2.33. The van der Waals surface area contributed by atoms with Crippen molar-refractivity contribution >= 4 is 23.5 Å². The third-order valence-electron chi connectivity index (χ3n) is 2.95. The number of halogens is 1. The molecular formula is C15H19ClO5. The van der Waals surface area contributed by atoms with Gasteiger partial charge in [0, 0.05) is 5.02 Å². The van der Waals surface area contributed by atoms with Crippen molar-refractivity contribution in [1.29, 1.82) is 0 Å². The number of carbonyl (C=O) groups is 2. The Morgan fingerprint density at radius 1 is 1.19 bits per heavy atom. The molecule has 0 radical (unpaired) electrons. The van der Waals surface area contributed by atoms with Crippen LogP contribution >= 0.6 is 11.6 Å². The minimum absolute atomic E-state index is 0.112. The summed E-state index contributed by atoms with van der Waals surface area (Å²) in [6.45, 7) is 5.21. The SMILES string of the molecule is CCOC(=O)C(C(=O)OCC)C(O)c1ccc(Cl)cc1C. The van der Waals surface area contributed by atoms with Gasteiger partial charge in [0.2, 0.25) is 0 Å². The summed E-state index contributed by atoms with van der Waals surface area (Å²) in [6, 6.07) is 4.81. The molecule has 0 amide bonds. The lowest BCUT2D eigenvalue weighted by molar-refractivity contribution is -0.167. The predicted octanol–water partition coefficient (Wildman–Crippen LogP) is 2.42. The zero-order chi connectivity index (χ0) is 16.0. The maximum Gasteiger partial charge on any atom is 0.323 e. The summed E-state index contributed by atoms with van der Waals surface area (Å²) >= 11 is 5.86. The molecule has 0 saturated heterocycles. The van der Waals surface area contributed by atoms with Crippen LogP contribution in [0.2, 0.25) is 5.02 Å². The quantitative estimate of drug-likeness (QED) is 0.645. The molecule has 0 aliphatic heterocycles. The molecule has 0 spiro atoms. The van der Waals surface area contributed by atoms with Gasteiger partial charge in [-0.05, 0) is 44.0 Å². The molecule has 6 heteroatoms. The number of hydrogen-bond donors (Lipinski definition) is 1. The summed E-state index contributed by atoms with van der Waals surface area (Å²) in [6.07, 6.45) is -1.35. The van der Waals surface area contributed by atoms with Crippen LogP contribution < -0.4 is 0 Å². The number of benzene rings is 1. The van der Waals surface area contributed by atoms with E-state index in [-0.39, 0.29) is 13.2 Å². The van der Waals surface area contributed by atoms with Crippen LogP contribution in [0, 0.1) is 12.8 Å². The lowest BCUT2D eigenvalue weighted by atomic mass is 9.93. The van der Waals surface area contributed by atoms with E-state index in [4.69, 9.17) is 21.1 Å². The van der Waals surface area contributed by atoms with Gasteiger partial charge < -0.3 is 14.6 Å². The van der Waals surface area contributed by atoms with Crippen molar-refractivity contribution in [2.24, 2.45) is 5.92 Å². The third-order valence-corrected chi connectivity index (χ3v) is 3.18. The largest absolute Gasteiger partial charge is 0.465 e. The standard InChI is InChI=1S/C15H19ClO5/c1-4-20-14(18)12(15(19)21-5-2)13(17)11-7-6-10(16)8-9(11)3/h6-8,12-13,17H,4-5H2,1-3H3. The molecule has 0 aromatic heterocycles. The van der Waals surface area contributed by atoms with Gasteiger partial charge in [-0.3, -0.25) is 9.59 Å². The molecular weight excluding hydrogens is 296 g/mol. The highest BCUT2D eigenvalue weighted by Gasteiger charge is 2.38. The van der Waals surface area contributed by atoms with Gasteiger partial charge in [0.25, 0.3) is 0 Å². The van der Waals surface area contributed by atoms with Crippen molar-refractivity contribution < 1.29 is 24.2 Å². The summed E-state index contributed by atoms with van der Waals surface area (Å²) in [4.78, 5) is 23.9. The van der Waals surface area contributed by atoms with Crippen LogP contribution in [-0.2, 0) is 19.1 Å². The van der Waals surface area contributed by atoms with Crippen molar-refractivity contribution in [3.05, 3.63) is 34.3 Å². The van der Waals surface area contributed by atoms with E-state index in [2.05, 4.69) is 0 Å². The number of rotatable bonds is 6. The molecule has 1 aromatic carbocycles. The maximum absolute atomic E-state index is 11.9. The van der Waals surface area contributed by atoms with Gasteiger partial charge in [0.05, 0.1) is 13.2 Å². The fourth-order valence-corrected chi connectivity index (χ4v) is 2.20. The molecule has 1 atom stereocenters. The molecule has 1 aromatic rings. The van der Waals surface area contributed by atoms with Crippen LogP contribution in [0.1, 0.15) is 31.1 Å². The topological polar surface area (TPSA) is 72.8 Å². The van der Waals surface area contributed by atoms with Gasteiger partial charge in [0.1, 0.15) is 6.10 Å². The predicted molar refractivity (Wildman–Crippen MR) is 77.9 cm³/mol. The normalized spacial score (nSPS) is 12.1. The fraction of sp³-hybridized carbons (Fsp3) is 0.467. The van der Waals surface area contributed by atoms with Gasteiger partial charge >= 0.3 is 11.9 Å². The van der Waals surface area contributed by atoms with Gasteiger partial charge in [-0.25, -0.2) is 0 Å². The molecule has 0 bridgehead atoms. The van der Waals surface area contributed by atoms with E-state index < -0.39 is 24.0 Å². The summed E-state index contributed by atoms with van der Waals surface area (Å²) in [5.41, 5.74) is 1.11.